The molecule has 1 aliphatic rings. The fraction of sp³-hybridized carbons (Fsp3) is 1.00. The maximum Gasteiger partial charge on any atom is 0.336 e. The third-order valence-corrected chi connectivity index (χ3v) is 1.75. The monoisotopic (exact) mass is 194 g/mol. The van der Waals surface area contributed by atoms with Crippen molar-refractivity contribution in [3.63, 3.8) is 0 Å². The van der Waals surface area contributed by atoms with Gasteiger partial charge in [0.15, 0.2) is 13.6 Å². The summed E-state index contributed by atoms with van der Waals surface area (Å²) in [7, 11) is 4.32. The zero-order valence-electron chi connectivity index (χ0n) is 7.94. The van der Waals surface area contributed by atoms with E-state index in [0.717, 1.165) is 0 Å². The van der Waals surface area contributed by atoms with E-state index in [1.807, 2.05) is 0 Å². The highest BCUT2D eigenvalue weighted by Crippen LogP contribution is 2.23. The van der Waals surface area contributed by atoms with E-state index in [4.69, 9.17) is 28.4 Å². The molecule has 0 unspecified atom stereocenters. The Hall–Kier alpha value is -0.240. The number of rotatable bonds is 4. The van der Waals surface area contributed by atoms with Crippen LogP contribution < -0.4 is 0 Å². The Bertz CT molecular complexity index is 132. The molecule has 0 aromatic heterocycles. The van der Waals surface area contributed by atoms with Gasteiger partial charge < -0.3 is 28.4 Å². The van der Waals surface area contributed by atoms with Gasteiger partial charge >= 0.3 is 5.97 Å². The van der Waals surface area contributed by atoms with Crippen molar-refractivity contribution in [1.29, 1.82) is 0 Å². The third-order valence-electron chi connectivity index (χ3n) is 1.75. The summed E-state index contributed by atoms with van der Waals surface area (Å²) in [6.45, 7) is 0.255. The van der Waals surface area contributed by atoms with Crippen LogP contribution in [0.5, 0.6) is 0 Å². The van der Waals surface area contributed by atoms with Crippen LogP contribution in [0.15, 0.2) is 0 Å². The van der Waals surface area contributed by atoms with E-state index in [1.54, 1.807) is 0 Å². The lowest BCUT2D eigenvalue weighted by Crippen LogP contribution is -2.52. The van der Waals surface area contributed by atoms with Crippen LogP contribution in [0, 0.1) is 0 Å². The highest BCUT2D eigenvalue weighted by molar-refractivity contribution is 4.61. The molecular weight excluding hydrogens is 180 g/mol. The SMILES string of the molecule is COC(OC)(OC)C1OCOCO1. The molecule has 6 heteroatoms. The predicted octanol–water partition coefficient (Wildman–Crippen LogP) is -0.116. The summed E-state index contributed by atoms with van der Waals surface area (Å²) in [5.41, 5.74) is 0. The smallest absolute Gasteiger partial charge is 0.329 e. The first-order chi connectivity index (χ1) is 6.29. The average Bonchev–Trinajstić information content (AvgIpc) is 2.23. The summed E-state index contributed by atoms with van der Waals surface area (Å²) in [6.07, 6.45) is -0.749. The number of hydrogen-bond acceptors (Lipinski definition) is 6. The molecule has 1 aliphatic heterocycles. The van der Waals surface area contributed by atoms with E-state index in [1.165, 1.54) is 21.3 Å². The van der Waals surface area contributed by atoms with Gasteiger partial charge in [0.05, 0.1) is 0 Å². The van der Waals surface area contributed by atoms with E-state index in [0.29, 0.717) is 0 Å². The number of hydrogen-bond donors (Lipinski definition) is 0. The third kappa shape index (κ3) is 2.16. The molecule has 0 N–H and O–H groups in total. The van der Waals surface area contributed by atoms with Crippen molar-refractivity contribution >= 4 is 0 Å². The molecule has 1 fully saturated rings. The van der Waals surface area contributed by atoms with Gasteiger partial charge in [-0.25, -0.2) is 0 Å². The number of methoxy groups -OCH3 is 3. The zero-order valence-corrected chi connectivity index (χ0v) is 7.94. The Labute approximate surface area is 76.6 Å². The summed E-state index contributed by atoms with van der Waals surface area (Å²) in [4.78, 5) is 0. The molecule has 0 atom stereocenters. The van der Waals surface area contributed by atoms with Crippen LogP contribution in [0.25, 0.3) is 0 Å². The number of ether oxygens (including phenoxy) is 6. The van der Waals surface area contributed by atoms with Crippen molar-refractivity contribution < 1.29 is 28.4 Å². The Morgan fingerprint density at radius 1 is 1.00 bits per heavy atom. The summed E-state index contributed by atoms with van der Waals surface area (Å²) in [5.74, 6) is -1.33. The molecule has 0 amide bonds. The first-order valence-electron chi connectivity index (χ1n) is 3.75. The zero-order chi connectivity index (χ0) is 9.73. The molecular formula is C7H14O6. The van der Waals surface area contributed by atoms with Gasteiger partial charge in [0.25, 0.3) is 0 Å². The lowest BCUT2D eigenvalue weighted by molar-refractivity contribution is -0.468. The highest BCUT2D eigenvalue weighted by Gasteiger charge is 2.44. The van der Waals surface area contributed by atoms with Crippen molar-refractivity contribution in [2.75, 3.05) is 34.9 Å². The molecule has 0 radical (unpaired) electrons. The molecule has 0 aromatic rings. The fourth-order valence-corrected chi connectivity index (χ4v) is 1.04. The molecule has 0 aromatic carbocycles. The molecule has 1 rings (SSSR count). The van der Waals surface area contributed by atoms with Crippen molar-refractivity contribution in [1.82, 2.24) is 0 Å². The minimum absolute atomic E-state index is 0.127. The minimum atomic E-state index is -1.33. The Kier molecular flexibility index (Phi) is 4.04. The molecule has 78 valence electrons. The first-order valence-corrected chi connectivity index (χ1v) is 3.75. The first kappa shape index (κ1) is 10.8. The van der Waals surface area contributed by atoms with Gasteiger partial charge in [-0.1, -0.05) is 0 Å². The quantitative estimate of drug-likeness (QED) is 0.582. The summed E-state index contributed by atoms with van der Waals surface area (Å²) in [6, 6.07) is 0. The van der Waals surface area contributed by atoms with Crippen LogP contribution in [-0.2, 0) is 28.4 Å². The topological polar surface area (TPSA) is 55.4 Å². The summed E-state index contributed by atoms with van der Waals surface area (Å²) < 4.78 is 30.1. The van der Waals surface area contributed by atoms with Gasteiger partial charge in [-0.05, 0) is 0 Å². The molecule has 6 nitrogen and oxygen atoms in total. The standard InChI is InChI=1S/C7H14O6/c1-8-7(9-2,10-3)6-12-4-11-5-13-6/h6H,4-5H2,1-3H3. The van der Waals surface area contributed by atoms with Gasteiger partial charge in [0.2, 0.25) is 6.29 Å². The van der Waals surface area contributed by atoms with Gasteiger partial charge in [-0.2, -0.15) is 0 Å². The minimum Gasteiger partial charge on any atom is -0.329 e. The largest absolute Gasteiger partial charge is 0.336 e. The van der Waals surface area contributed by atoms with E-state index in [-0.39, 0.29) is 13.6 Å². The molecule has 13 heavy (non-hydrogen) atoms. The molecule has 1 heterocycles. The van der Waals surface area contributed by atoms with Gasteiger partial charge in [0.1, 0.15) is 0 Å². The van der Waals surface area contributed by atoms with Crippen LogP contribution in [0.1, 0.15) is 0 Å². The van der Waals surface area contributed by atoms with Crippen LogP contribution in [0.3, 0.4) is 0 Å². The maximum absolute atomic E-state index is 5.10. The van der Waals surface area contributed by atoms with E-state index in [2.05, 4.69) is 0 Å². The lowest BCUT2D eigenvalue weighted by atomic mass is 10.5. The van der Waals surface area contributed by atoms with E-state index >= 15 is 0 Å². The van der Waals surface area contributed by atoms with Crippen LogP contribution in [0.2, 0.25) is 0 Å². The second kappa shape index (κ2) is 4.85. The highest BCUT2D eigenvalue weighted by atomic mass is 16.9. The van der Waals surface area contributed by atoms with Crippen molar-refractivity contribution in [2.24, 2.45) is 0 Å². The maximum atomic E-state index is 5.10. The van der Waals surface area contributed by atoms with Crippen molar-refractivity contribution in [3.8, 4) is 0 Å². The van der Waals surface area contributed by atoms with Gasteiger partial charge in [-0.3, -0.25) is 0 Å². The molecule has 0 saturated carbocycles. The molecule has 1 saturated heterocycles. The normalized spacial score (nSPS) is 20.5. The van der Waals surface area contributed by atoms with Gasteiger partial charge in [0, 0.05) is 21.3 Å². The van der Waals surface area contributed by atoms with E-state index < -0.39 is 12.3 Å². The second-order valence-corrected chi connectivity index (χ2v) is 2.32. The van der Waals surface area contributed by atoms with Crippen molar-refractivity contribution in [3.05, 3.63) is 0 Å². The average molecular weight is 194 g/mol. The Morgan fingerprint density at radius 3 is 1.85 bits per heavy atom. The Balaban J connectivity index is 2.60. The molecule has 0 bridgehead atoms. The summed E-state index contributed by atoms with van der Waals surface area (Å²) in [5, 5.41) is 0. The van der Waals surface area contributed by atoms with Crippen molar-refractivity contribution in [2.45, 2.75) is 12.3 Å². The fourth-order valence-electron chi connectivity index (χ4n) is 1.04. The van der Waals surface area contributed by atoms with Crippen LogP contribution in [-0.4, -0.2) is 47.2 Å². The van der Waals surface area contributed by atoms with Crippen LogP contribution >= 0.6 is 0 Å². The van der Waals surface area contributed by atoms with Gasteiger partial charge in [-0.15, -0.1) is 0 Å². The lowest BCUT2D eigenvalue weighted by Gasteiger charge is -2.36. The van der Waals surface area contributed by atoms with E-state index in [9.17, 15) is 0 Å². The predicted molar refractivity (Wildman–Crippen MR) is 40.5 cm³/mol. The Morgan fingerprint density at radius 2 is 1.46 bits per heavy atom. The molecule has 0 spiro atoms. The second-order valence-electron chi connectivity index (χ2n) is 2.32. The van der Waals surface area contributed by atoms with Crippen LogP contribution in [0.4, 0.5) is 0 Å². The summed E-state index contributed by atoms with van der Waals surface area (Å²) >= 11 is 0. The molecule has 0 aliphatic carbocycles.